The molecule has 0 saturated heterocycles. The van der Waals surface area contributed by atoms with Crippen LogP contribution in [0.4, 0.5) is 0 Å². The second-order valence-electron chi connectivity index (χ2n) is 11.8. The van der Waals surface area contributed by atoms with Gasteiger partial charge in [-0.15, -0.1) is 0 Å². The average Bonchev–Trinajstić information content (AvgIpc) is 3.12. The summed E-state index contributed by atoms with van der Waals surface area (Å²) in [5, 5.41) is 1.73. The van der Waals surface area contributed by atoms with E-state index in [0.717, 1.165) is 5.56 Å². The van der Waals surface area contributed by atoms with E-state index >= 15 is 0 Å². The van der Waals surface area contributed by atoms with Gasteiger partial charge in [0.2, 0.25) is 11.8 Å². The molecule has 282 valence electrons. The Balaban J connectivity index is 0.000000286. The Morgan fingerprint density at radius 3 is 1.57 bits per heavy atom. The van der Waals surface area contributed by atoms with E-state index in [0.29, 0.717) is 48.1 Å². The summed E-state index contributed by atoms with van der Waals surface area (Å²) in [7, 11) is 4.70. The highest BCUT2D eigenvalue weighted by Crippen LogP contribution is 2.29. The average molecular weight is 805 g/mol. The molecule has 13 heteroatoms. The number of aryl methyl sites for hydroxylation is 1. The number of nitrogens with zero attached hydrogens (tertiary/aromatic N) is 2. The highest BCUT2D eigenvalue weighted by molar-refractivity contribution is 6.36. The maximum Gasteiger partial charge on any atom is 0.333 e. The molecule has 0 spiro atoms. The third-order valence-corrected chi connectivity index (χ3v) is 9.45. The zero-order valence-corrected chi connectivity index (χ0v) is 33.4. The van der Waals surface area contributed by atoms with Crippen LogP contribution in [0.15, 0.2) is 84.9 Å². The molecule has 0 aromatic heterocycles. The molecule has 2 unspecified atom stereocenters. The molecule has 2 atom stereocenters. The molecule has 4 aromatic rings. The van der Waals surface area contributed by atoms with Crippen molar-refractivity contribution in [1.29, 1.82) is 0 Å². The molecule has 4 aromatic carbocycles. The SMILES string of the molecule is CCOC(=O)C(c1ccc(C)cc1)N(C)C(=O)Cc1c(Cl)cccc1Cl.CCOC(=O)C(c1ccc(OC)cc1)N(C)C(=O)Cc1ccc(Cl)cc1Cl. The number of methoxy groups -OCH3 is 1. The summed E-state index contributed by atoms with van der Waals surface area (Å²) in [6.07, 6.45) is 0.0370. The van der Waals surface area contributed by atoms with Crippen molar-refractivity contribution in [3.63, 3.8) is 0 Å². The Labute approximate surface area is 330 Å². The second-order valence-corrected chi connectivity index (χ2v) is 13.4. The molecule has 0 N–H and O–H groups in total. The van der Waals surface area contributed by atoms with Gasteiger partial charge in [0.15, 0.2) is 12.1 Å². The number of esters is 2. The minimum absolute atomic E-state index is 0.00320. The van der Waals surface area contributed by atoms with Crippen LogP contribution in [0.5, 0.6) is 5.75 Å². The second kappa shape index (κ2) is 20.8. The minimum atomic E-state index is -0.866. The quantitative estimate of drug-likeness (QED) is 0.125. The van der Waals surface area contributed by atoms with Crippen molar-refractivity contribution < 1.29 is 33.4 Å². The lowest BCUT2D eigenvalue weighted by Crippen LogP contribution is -2.37. The van der Waals surface area contributed by atoms with Crippen LogP contribution in [0.25, 0.3) is 0 Å². The van der Waals surface area contributed by atoms with Gasteiger partial charge in [0.25, 0.3) is 0 Å². The first-order valence-electron chi connectivity index (χ1n) is 16.6. The van der Waals surface area contributed by atoms with E-state index in [1.54, 1.807) is 95.7 Å². The predicted octanol–water partition coefficient (Wildman–Crippen LogP) is 8.91. The van der Waals surface area contributed by atoms with Gasteiger partial charge >= 0.3 is 11.9 Å². The lowest BCUT2D eigenvalue weighted by molar-refractivity contribution is -0.154. The molecule has 53 heavy (non-hydrogen) atoms. The molecule has 0 bridgehead atoms. The Bertz CT molecular complexity index is 1850. The summed E-state index contributed by atoms with van der Waals surface area (Å²) >= 11 is 24.4. The third-order valence-electron chi connectivity index (χ3n) is 8.15. The Kier molecular flexibility index (Phi) is 16.9. The number of likely N-dealkylation sites (N-methyl/N-ethyl adjacent to an activating group) is 2. The number of carbonyl (C=O) groups is 4. The van der Waals surface area contributed by atoms with Gasteiger partial charge in [0, 0.05) is 34.2 Å². The molecule has 4 rings (SSSR count). The molecule has 0 fully saturated rings. The molecular weight excluding hydrogens is 762 g/mol. The normalized spacial score (nSPS) is 11.7. The molecule has 0 saturated carbocycles. The first kappa shape index (κ1) is 43.1. The Morgan fingerprint density at radius 2 is 1.11 bits per heavy atom. The summed E-state index contributed by atoms with van der Waals surface area (Å²) in [6.45, 7) is 5.86. The van der Waals surface area contributed by atoms with Crippen molar-refractivity contribution in [3.8, 4) is 5.75 Å². The molecular formula is C40H42Cl4N2O7. The minimum Gasteiger partial charge on any atom is -0.497 e. The van der Waals surface area contributed by atoms with Gasteiger partial charge in [0.05, 0.1) is 33.2 Å². The smallest absolute Gasteiger partial charge is 0.333 e. The summed E-state index contributed by atoms with van der Waals surface area (Å²) in [4.78, 5) is 53.4. The highest BCUT2D eigenvalue weighted by Gasteiger charge is 2.31. The number of halogens is 4. The zero-order chi connectivity index (χ0) is 39.2. The summed E-state index contributed by atoms with van der Waals surface area (Å²) in [5.41, 5.74) is 3.56. The fourth-order valence-corrected chi connectivity index (χ4v) is 6.24. The molecule has 0 heterocycles. The number of hydrogen-bond acceptors (Lipinski definition) is 7. The zero-order valence-electron chi connectivity index (χ0n) is 30.3. The van der Waals surface area contributed by atoms with E-state index < -0.39 is 24.0 Å². The van der Waals surface area contributed by atoms with E-state index in [-0.39, 0.29) is 37.9 Å². The van der Waals surface area contributed by atoms with Crippen molar-refractivity contribution in [2.45, 2.75) is 45.7 Å². The first-order chi connectivity index (χ1) is 25.2. The van der Waals surface area contributed by atoms with E-state index in [1.807, 2.05) is 31.2 Å². The van der Waals surface area contributed by atoms with E-state index in [4.69, 9.17) is 60.6 Å². The van der Waals surface area contributed by atoms with Crippen molar-refractivity contribution >= 4 is 70.2 Å². The van der Waals surface area contributed by atoms with Crippen molar-refractivity contribution in [2.75, 3.05) is 34.4 Å². The molecule has 0 aliphatic rings. The van der Waals surface area contributed by atoms with Crippen LogP contribution in [0.3, 0.4) is 0 Å². The van der Waals surface area contributed by atoms with Crippen LogP contribution >= 0.6 is 46.4 Å². The van der Waals surface area contributed by atoms with Crippen molar-refractivity contribution in [3.05, 3.63) is 133 Å². The fraction of sp³-hybridized carbons (Fsp3) is 0.300. The van der Waals surface area contributed by atoms with Gasteiger partial charge in [-0.25, -0.2) is 9.59 Å². The van der Waals surface area contributed by atoms with Gasteiger partial charge in [-0.1, -0.05) is 100 Å². The van der Waals surface area contributed by atoms with Crippen LogP contribution in [0.1, 0.15) is 53.7 Å². The number of hydrogen-bond donors (Lipinski definition) is 0. The van der Waals surface area contributed by atoms with Crippen molar-refractivity contribution in [1.82, 2.24) is 9.80 Å². The highest BCUT2D eigenvalue weighted by atomic mass is 35.5. The lowest BCUT2D eigenvalue weighted by Gasteiger charge is -2.27. The van der Waals surface area contributed by atoms with Gasteiger partial charge in [-0.2, -0.15) is 0 Å². The standard InChI is InChI=1S/C20H21Cl2NO4.C20H21Cl2NO3/c1-4-27-20(25)19(13-6-9-16(26-3)10-7-13)23(2)18(24)11-14-5-8-15(21)12-17(14)22;1-4-26-20(25)19(14-10-8-13(2)9-11-14)23(3)18(24)12-15-16(21)6-5-7-17(15)22/h5-10,12,19H,4,11H2,1-3H3;5-11,19H,4,12H2,1-3H3. The number of rotatable bonds is 13. The van der Waals surface area contributed by atoms with Crippen LogP contribution in [0, 0.1) is 6.92 Å². The fourth-order valence-electron chi connectivity index (χ4n) is 5.23. The van der Waals surface area contributed by atoms with Crippen LogP contribution in [-0.4, -0.2) is 68.0 Å². The largest absolute Gasteiger partial charge is 0.497 e. The van der Waals surface area contributed by atoms with Crippen LogP contribution < -0.4 is 4.74 Å². The Morgan fingerprint density at radius 1 is 0.642 bits per heavy atom. The van der Waals surface area contributed by atoms with E-state index in [9.17, 15) is 19.2 Å². The number of amides is 2. The Hall–Kier alpha value is -4.28. The maximum atomic E-state index is 12.8. The van der Waals surface area contributed by atoms with Crippen molar-refractivity contribution in [2.24, 2.45) is 0 Å². The third kappa shape index (κ3) is 12.1. The number of benzene rings is 4. The molecule has 0 radical (unpaired) electrons. The van der Waals surface area contributed by atoms with Gasteiger partial charge < -0.3 is 24.0 Å². The molecule has 0 aliphatic heterocycles. The molecule has 2 amide bonds. The summed E-state index contributed by atoms with van der Waals surface area (Å²) in [6, 6.07) is 22.7. The maximum absolute atomic E-state index is 12.8. The van der Waals surface area contributed by atoms with Gasteiger partial charge in [-0.05, 0) is 79.4 Å². The summed E-state index contributed by atoms with van der Waals surface area (Å²) < 4.78 is 15.5. The molecule has 9 nitrogen and oxygen atoms in total. The number of carbonyl (C=O) groups excluding carboxylic acids is 4. The number of ether oxygens (including phenoxy) is 3. The van der Waals surface area contributed by atoms with Gasteiger partial charge in [-0.3, -0.25) is 9.59 Å². The monoisotopic (exact) mass is 802 g/mol. The van der Waals surface area contributed by atoms with E-state index in [1.165, 1.54) is 9.80 Å². The van der Waals surface area contributed by atoms with Crippen LogP contribution in [-0.2, 0) is 41.5 Å². The predicted molar refractivity (Wildman–Crippen MR) is 209 cm³/mol. The van der Waals surface area contributed by atoms with E-state index in [2.05, 4.69) is 0 Å². The van der Waals surface area contributed by atoms with Crippen LogP contribution in [0.2, 0.25) is 20.1 Å². The summed E-state index contributed by atoms with van der Waals surface area (Å²) in [5.74, 6) is -0.867. The molecule has 0 aliphatic carbocycles. The lowest BCUT2D eigenvalue weighted by atomic mass is 10.0. The topological polar surface area (TPSA) is 102 Å². The first-order valence-corrected chi connectivity index (χ1v) is 18.1. The van der Waals surface area contributed by atoms with Gasteiger partial charge in [0.1, 0.15) is 5.75 Å².